The minimum atomic E-state index is -4.96. The average Bonchev–Trinajstić information content (AvgIpc) is 2.67. The summed E-state index contributed by atoms with van der Waals surface area (Å²) in [5.74, 6) is -1.49. The van der Waals surface area contributed by atoms with Gasteiger partial charge in [-0.25, -0.2) is 10.0 Å². The third kappa shape index (κ3) is 6.20. The Morgan fingerprint density at radius 1 is 1.23 bits per heavy atom. The number of fused-ring (bicyclic) bond motifs is 1. The molecule has 1 aliphatic heterocycles. The first-order chi connectivity index (χ1) is 14.4. The van der Waals surface area contributed by atoms with Gasteiger partial charge in [0.2, 0.25) is 19.3 Å². The molecular formula is C17H19F3N2O9+2. The predicted molar refractivity (Wildman–Crippen MR) is 92.2 cm³/mol. The highest BCUT2D eigenvalue weighted by atomic mass is 19.4. The molecule has 1 aromatic carbocycles. The summed E-state index contributed by atoms with van der Waals surface area (Å²) in [5, 5.41) is 7.18. The van der Waals surface area contributed by atoms with E-state index in [-0.39, 0.29) is 16.4 Å². The van der Waals surface area contributed by atoms with E-state index in [1.54, 1.807) is 19.9 Å². The molecular weight excluding hydrogens is 433 g/mol. The van der Waals surface area contributed by atoms with Crippen molar-refractivity contribution in [2.45, 2.75) is 32.2 Å². The minimum Gasteiger partial charge on any atom is -0.475 e. The lowest BCUT2D eigenvalue weighted by Gasteiger charge is -2.29. The fourth-order valence-corrected chi connectivity index (χ4v) is 2.77. The summed E-state index contributed by atoms with van der Waals surface area (Å²) < 4.78 is 50.7. The summed E-state index contributed by atoms with van der Waals surface area (Å²) >= 11 is 0. The molecule has 1 aromatic rings. The van der Waals surface area contributed by atoms with Crippen LogP contribution in [0.25, 0.3) is 6.08 Å². The number of carbonyl (C=O) groups excluding carboxylic acids is 1. The van der Waals surface area contributed by atoms with Crippen LogP contribution < -0.4 is 4.74 Å². The number of alkyl halides is 3. The van der Waals surface area contributed by atoms with Crippen molar-refractivity contribution >= 4 is 12.0 Å². The van der Waals surface area contributed by atoms with Crippen molar-refractivity contribution in [1.82, 2.24) is 0 Å². The maximum atomic E-state index is 13.6. The van der Waals surface area contributed by atoms with Gasteiger partial charge in [0, 0.05) is 5.56 Å². The third-order valence-corrected chi connectivity index (χ3v) is 3.97. The third-order valence-electron chi connectivity index (χ3n) is 3.97. The van der Waals surface area contributed by atoms with Gasteiger partial charge >= 0.3 is 22.3 Å². The molecule has 31 heavy (non-hydrogen) atoms. The zero-order chi connectivity index (χ0) is 23.3. The number of halogens is 3. The number of rotatable bonds is 9. The van der Waals surface area contributed by atoms with Crippen LogP contribution in [0.4, 0.5) is 13.2 Å². The molecule has 2 atom stereocenters. The molecule has 0 aromatic heterocycles. The van der Waals surface area contributed by atoms with E-state index in [4.69, 9.17) is 14.7 Å². The Labute approximate surface area is 172 Å². The largest absolute Gasteiger partial charge is 0.477 e. The SMILES string of the molecule is CO[N+](=O)OCC(CO[N+](=O)O)OC(=O)C1=Cc2cc(C)cc(C)c2OC1C(F)(F)F. The standard InChI is InChI=1S/C17H19F3N2O9/c1-9-4-10(2)14-11(5-9)6-13(15(31-14)17(18,19)20)16(23)30-12(7-28-21(24)25)8-29-22(26)27-3/h4-6,12,15H,7-8H2,1-3H3,(H,24,25)/q+2. The topological polar surface area (TPSA) is 124 Å². The second kappa shape index (κ2) is 9.49. The number of esters is 1. The molecule has 1 heterocycles. The molecule has 0 aliphatic carbocycles. The lowest BCUT2D eigenvalue weighted by molar-refractivity contribution is -0.982. The number of ether oxygens (including phenoxy) is 2. The summed E-state index contributed by atoms with van der Waals surface area (Å²) in [7, 11) is 0.956. The smallest absolute Gasteiger partial charge is 0.475 e. The maximum Gasteiger partial charge on any atom is 0.477 e. The van der Waals surface area contributed by atoms with Gasteiger partial charge in [-0.2, -0.15) is 27.7 Å². The molecule has 0 amide bonds. The number of aryl methyl sites for hydroxylation is 2. The Morgan fingerprint density at radius 2 is 1.87 bits per heavy atom. The van der Waals surface area contributed by atoms with Gasteiger partial charge < -0.3 is 9.47 Å². The lowest BCUT2D eigenvalue weighted by atomic mass is 9.97. The molecule has 11 nitrogen and oxygen atoms in total. The molecule has 0 bridgehead atoms. The van der Waals surface area contributed by atoms with Gasteiger partial charge in [-0.3, -0.25) is 0 Å². The number of nitrogens with zero attached hydrogens (tertiary/aromatic N) is 2. The number of hydrogen-bond acceptors (Lipinski definition) is 8. The Balaban J connectivity index is 2.33. The van der Waals surface area contributed by atoms with E-state index in [2.05, 4.69) is 14.5 Å². The van der Waals surface area contributed by atoms with Crippen molar-refractivity contribution in [2.75, 3.05) is 20.3 Å². The second-order valence-corrected chi connectivity index (χ2v) is 6.40. The van der Waals surface area contributed by atoms with E-state index in [0.717, 1.165) is 18.7 Å². The first kappa shape index (κ1) is 23.7. The molecule has 0 radical (unpaired) electrons. The highest BCUT2D eigenvalue weighted by Crippen LogP contribution is 2.39. The summed E-state index contributed by atoms with van der Waals surface area (Å²) in [5.41, 5.74) is 0.535. The number of benzene rings is 1. The van der Waals surface area contributed by atoms with Gasteiger partial charge in [-0.15, -0.1) is 0 Å². The fourth-order valence-electron chi connectivity index (χ4n) is 2.77. The van der Waals surface area contributed by atoms with Crippen LogP contribution in [0.15, 0.2) is 17.7 Å². The Kier molecular flexibility index (Phi) is 7.25. The first-order valence-corrected chi connectivity index (χ1v) is 8.63. The van der Waals surface area contributed by atoms with Gasteiger partial charge in [0.15, 0.2) is 13.2 Å². The predicted octanol–water partition coefficient (Wildman–Crippen LogP) is 2.29. The van der Waals surface area contributed by atoms with Crippen LogP contribution in [0.3, 0.4) is 0 Å². The zero-order valence-electron chi connectivity index (χ0n) is 16.5. The molecule has 0 fully saturated rings. The highest BCUT2D eigenvalue weighted by Gasteiger charge is 2.49. The highest BCUT2D eigenvalue weighted by molar-refractivity contribution is 5.96. The number of carbonyl (C=O) groups is 1. The van der Waals surface area contributed by atoms with Gasteiger partial charge in [0.05, 0.1) is 5.57 Å². The van der Waals surface area contributed by atoms with Crippen molar-refractivity contribution in [3.63, 3.8) is 0 Å². The van der Waals surface area contributed by atoms with Crippen molar-refractivity contribution < 1.29 is 57.3 Å². The first-order valence-electron chi connectivity index (χ1n) is 8.63. The molecule has 170 valence electrons. The van der Waals surface area contributed by atoms with Crippen LogP contribution in [0.2, 0.25) is 0 Å². The van der Waals surface area contributed by atoms with Crippen molar-refractivity contribution in [1.29, 1.82) is 0 Å². The molecule has 1 aliphatic rings. The molecule has 1 N–H and O–H groups in total. The van der Waals surface area contributed by atoms with Crippen molar-refractivity contribution in [3.8, 4) is 5.75 Å². The van der Waals surface area contributed by atoms with E-state index >= 15 is 0 Å². The molecule has 2 rings (SSSR count). The summed E-state index contributed by atoms with van der Waals surface area (Å²) in [6, 6.07) is 3.16. The fraction of sp³-hybridized carbons (Fsp3) is 0.471. The zero-order valence-corrected chi connectivity index (χ0v) is 16.5. The van der Waals surface area contributed by atoms with Gasteiger partial charge in [-0.05, 0) is 31.6 Å². The van der Waals surface area contributed by atoms with Crippen molar-refractivity contribution in [2.24, 2.45) is 0 Å². The molecule has 2 unspecified atom stereocenters. The van der Waals surface area contributed by atoms with Gasteiger partial charge in [0.25, 0.3) is 0 Å². The maximum absolute atomic E-state index is 13.6. The van der Waals surface area contributed by atoms with E-state index in [0.29, 0.717) is 5.56 Å². The average molecular weight is 452 g/mol. The van der Waals surface area contributed by atoms with Gasteiger partial charge in [-0.1, -0.05) is 11.6 Å². The lowest BCUT2D eigenvalue weighted by Crippen LogP contribution is -2.42. The van der Waals surface area contributed by atoms with E-state index in [9.17, 15) is 27.8 Å². The molecule has 0 saturated carbocycles. The summed E-state index contributed by atoms with van der Waals surface area (Å²) in [6.07, 6.45) is -8.17. The summed E-state index contributed by atoms with van der Waals surface area (Å²) in [4.78, 5) is 46.9. The van der Waals surface area contributed by atoms with Crippen LogP contribution in [-0.2, 0) is 24.0 Å². The monoisotopic (exact) mass is 452 g/mol. The van der Waals surface area contributed by atoms with Gasteiger partial charge in [0.1, 0.15) is 15.6 Å². The second-order valence-electron chi connectivity index (χ2n) is 6.40. The Morgan fingerprint density at radius 3 is 2.45 bits per heavy atom. The van der Waals surface area contributed by atoms with Crippen molar-refractivity contribution in [3.05, 3.63) is 44.2 Å². The van der Waals surface area contributed by atoms with Crippen LogP contribution in [0.5, 0.6) is 5.75 Å². The normalized spacial score (nSPS) is 16.2. The molecule has 0 spiro atoms. The van der Waals surface area contributed by atoms with E-state index in [1.165, 1.54) is 6.07 Å². The molecule has 0 saturated heterocycles. The van der Waals surface area contributed by atoms with E-state index < -0.39 is 48.2 Å². The molecule has 14 heteroatoms. The van der Waals surface area contributed by atoms with E-state index in [1.807, 2.05) is 0 Å². The van der Waals surface area contributed by atoms with Crippen LogP contribution in [-0.4, -0.2) is 60.1 Å². The van der Waals surface area contributed by atoms with Crippen LogP contribution in [0.1, 0.15) is 16.7 Å². The van der Waals surface area contributed by atoms with Crippen LogP contribution in [0, 0.1) is 23.7 Å². The minimum absolute atomic E-state index is 0.0305. The Hall–Kier alpha value is -3.58. The quantitative estimate of drug-likeness (QED) is 0.444. The summed E-state index contributed by atoms with van der Waals surface area (Å²) in [6.45, 7) is 1.67. The number of hydrogen-bond donors (Lipinski definition) is 1. The Bertz CT molecular complexity index is 902. The van der Waals surface area contributed by atoms with Crippen LogP contribution >= 0.6 is 0 Å².